The van der Waals surface area contributed by atoms with Crippen LogP contribution in [0.3, 0.4) is 0 Å². The summed E-state index contributed by atoms with van der Waals surface area (Å²) in [6, 6.07) is -0.446. The number of aromatic nitrogens is 2. The Bertz CT molecular complexity index is 569. The third-order valence-corrected chi connectivity index (χ3v) is 3.74. The van der Waals surface area contributed by atoms with Gasteiger partial charge in [0.15, 0.2) is 12.4 Å². The summed E-state index contributed by atoms with van der Waals surface area (Å²) >= 11 is 0. The van der Waals surface area contributed by atoms with Gasteiger partial charge in [-0.3, -0.25) is 14.3 Å². The summed E-state index contributed by atoms with van der Waals surface area (Å²) < 4.78 is 12.5. The normalized spacial score (nSPS) is 18.3. The monoisotopic (exact) mass is 311 g/mol. The Balaban J connectivity index is 1.99. The first-order chi connectivity index (χ1) is 10.4. The molecule has 1 aromatic heterocycles. The SMILES string of the molecule is Cc1nn(C)c(C)c1OCC(=O)N1CCOC[C@H]1CC(=O)O. The molecule has 1 fully saturated rings. The van der Waals surface area contributed by atoms with E-state index in [0.29, 0.717) is 18.9 Å². The molecule has 0 saturated carbocycles. The molecule has 1 N–H and O–H groups in total. The number of rotatable bonds is 5. The predicted molar refractivity (Wildman–Crippen MR) is 76.7 cm³/mol. The molecule has 8 nitrogen and oxygen atoms in total. The minimum absolute atomic E-state index is 0.128. The lowest BCUT2D eigenvalue weighted by molar-refractivity contribution is -0.147. The van der Waals surface area contributed by atoms with Gasteiger partial charge in [0.25, 0.3) is 5.91 Å². The standard InChI is InChI=1S/C14H21N3O5/c1-9-14(10(2)16(3)15-9)22-8-12(18)17-4-5-21-7-11(17)6-13(19)20/h11H,4-8H2,1-3H3,(H,19,20)/t11-/m1/s1. The van der Waals surface area contributed by atoms with Gasteiger partial charge in [-0.1, -0.05) is 0 Å². The molecule has 1 atom stereocenters. The maximum absolute atomic E-state index is 12.3. The van der Waals surface area contributed by atoms with Gasteiger partial charge in [-0.15, -0.1) is 0 Å². The van der Waals surface area contributed by atoms with Gasteiger partial charge in [-0.05, 0) is 13.8 Å². The van der Waals surface area contributed by atoms with Gasteiger partial charge in [-0.25, -0.2) is 0 Å². The molecule has 2 rings (SSSR count). The van der Waals surface area contributed by atoms with Crippen molar-refractivity contribution in [1.82, 2.24) is 14.7 Å². The second kappa shape index (κ2) is 6.78. The second-order valence-corrected chi connectivity index (χ2v) is 5.33. The Hall–Kier alpha value is -2.09. The molecule has 8 heteroatoms. The van der Waals surface area contributed by atoms with Crippen molar-refractivity contribution in [3.8, 4) is 5.75 Å². The van der Waals surface area contributed by atoms with Crippen LogP contribution in [0.25, 0.3) is 0 Å². The summed E-state index contributed by atoms with van der Waals surface area (Å²) in [5.74, 6) is -0.593. The maximum atomic E-state index is 12.3. The molecule has 0 aliphatic carbocycles. The summed E-state index contributed by atoms with van der Waals surface area (Å²) in [7, 11) is 1.81. The number of carbonyl (C=O) groups excluding carboxylic acids is 1. The molecule has 0 aromatic carbocycles. The number of hydrogen-bond acceptors (Lipinski definition) is 5. The average molecular weight is 311 g/mol. The minimum Gasteiger partial charge on any atom is -0.481 e. The van der Waals surface area contributed by atoms with Crippen molar-refractivity contribution in [3.63, 3.8) is 0 Å². The van der Waals surface area contributed by atoms with E-state index in [-0.39, 0.29) is 25.5 Å². The highest BCUT2D eigenvalue weighted by Gasteiger charge is 2.29. The van der Waals surface area contributed by atoms with Crippen LogP contribution in [0.4, 0.5) is 0 Å². The topological polar surface area (TPSA) is 93.9 Å². The van der Waals surface area contributed by atoms with Gasteiger partial charge in [0.1, 0.15) is 5.69 Å². The van der Waals surface area contributed by atoms with Crippen molar-refractivity contribution in [2.45, 2.75) is 26.3 Å². The highest BCUT2D eigenvalue weighted by atomic mass is 16.5. The van der Waals surface area contributed by atoms with Crippen LogP contribution in [0.5, 0.6) is 5.75 Å². The molecular formula is C14H21N3O5. The molecule has 1 amide bonds. The molecule has 122 valence electrons. The summed E-state index contributed by atoms with van der Waals surface area (Å²) in [4.78, 5) is 24.7. The second-order valence-electron chi connectivity index (χ2n) is 5.33. The molecule has 1 aromatic rings. The third-order valence-electron chi connectivity index (χ3n) is 3.74. The first-order valence-electron chi connectivity index (χ1n) is 7.12. The number of nitrogens with zero attached hydrogens (tertiary/aromatic N) is 3. The Labute approximate surface area is 128 Å². The highest BCUT2D eigenvalue weighted by molar-refractivity contribution is 5.79. The van der Waals surface area contributed by atoms with E-state index in [1.165, 1.54) is 4.90 Å². The van der Waals surface area contributed by atoms with E-state index in [0.717, 1.165) is 11.4 Å². The average Bonchev–Trinajstić information content (AvgIpc) is 2.70. The fourth-order valence-electron chi connectivity index (χ4n) is 2.53. The lowest BCUT2D eigenvalue weighted by Crippen LogP contribution is -2.51. The molecule has 1 aliphatic heterocycles. The minimum atomic E-state index is -0.951. The molecule has 2 heterocycles. The van der Waals surface area contributed by atoms with E-state index in [1.54, 1.807) is 4.68 Å². The summed E-state index contributed by atoms with van der Waals surface area (Å²) in [6.07, 6.45) is -0.128. The van der Waals surface area contributed by atoms with Gasteiger partial charge in [0, 0.05) is 13.6 Å². The lowest BCUT2D eigenvalue weighted by atomic mass is 10.1. The Morgan fingerprint density at radius 2 is 2.18 bits per heavy atom. The van der Waals surface area contributed by atoms with Crippen LogP contribution in [0.2, 0.25) is 0 Å². The largest absolute Gasteiger partial charge is 0.481 e. The fourth-order valence-corrected chi connectivity index (χ4v) is 2.53. The van der Waals surface area contributed by atoms with Crippen LogP contribution in [0, 0.1) is 13.8 Å². The summed E-state index contributed by atoms with van der Waals surface area (Å²) in [5, 5.41) is 13.1. The molecule has 1 aliphatic rings. The van der Waals surface area contributed by atoms with Crippen molar-refractivity contribution in [2.75, 3.05) is 26.4 Å². The van der Waals surface area contributed by atoms with E-state index in [4.69, 9.17) is 14.6 Å². The highest BCUT2D eigenvalue weighted by Crippen LogP contribution is 2.21. The molecule has 0 spiro atoms. The Morgan fingerprint density at radius 1 is 1.45 bits per heavy atom. The molecular weight excluding hydrogens is 290 g/mol. The van der Waals surface area contributed by atoms with Crippen LogP contribution < -0.4 is 4.74 Å². The quantitative estimate of drug-likeness (QED) is 0.830. The van der Waals surface area contributed by atoms with E-state index < -0.39 is 12.0 Å². The van der Waals surface area contributed by atoms with Crippen molar-refractivity contribution in [1.29, 1.82) is 0 Å². The molecule has 22 heavy (non-hydrogen) atoms. The van der Waals surface area contributed by atoms with E-state index >= 15 is 0 Å². The molecule has 0 radical (unpaired) electrons. The van der Waals surface area contributed by atoms with Gasteiger partial charge in [0.2, 0.25) is 0 Å². The third kappa shape index (κ3) is 3.56. The predicted octanol–water partition coefficient (Wildman–Crippen LogP) is 0.118. The number of aliphatic carboxylic acids is 1. The number of morpholine rings is 1. The first-order valence-corrected chi connectivity index (χ1v) is 7.12. The zero-order valence-electron chi connectivity index (χ0n) is 13.0. The first kappa shape index (κ1) is 16.3. The number of carboxylic acid groups (broad SMARTS) is 1. The van der Waals surface area contributed by atoms with Crippen molar-refractivity contribution in [2.24, 2.45) is 7.05 Å². The Kier molecular flexibility index (Phi) is 5.02. The van der Waals surface area contributed by atoms with E-state index in [1.807, 2.05) is 20.9 Å². The number of amides is 1. The van der Waals surface area contributed by atoms with E-state index in [9.17, 15) is 9.59 Å². The van der Waals surface area contributed by atoms with Gasteiger partial charge in [0.05, 0.1) is 31.4 Å². The summed E-state index contributed by atoms with van der Waals surface area (Å²) in [5.41, 5.74) is 1.56. The summed E-state index contributed by atoms with van der Waals surface area (Å²) in [6.45, 7) is 4.57. The zero-order valence-corrected chi connectivity index (χ0v) is 13.0. The lowest BCUT2D eigenvalue weighted by Gasteiger charge is -2.34. The van der Waals surface area contributed by atoms with Crippen LogP contribution in [0.15, 0.2) is 0 Å². The van der Waals surface area contributed by atoms with Crippen LogP contribution >= 0.6 is 0 Å². The van der Waals surface area contributed by atoms with Crippen molar-refractivity contribution < 1.29 is 24.2 Å². The number of ether oxygens (including phenoxy) is 2. The van der Waals surface area contributed by atoms with Gasteiger partial charge in [-0.2, -0.15) is 5.10 Å². The maximum Gasteiger partial charge on any atom is 0.305 e. The smallest absolute Gasteiger partial charge is 0.305 e. The van der Waals surface area contributed by atoms with Gasteiger partial charge < -0.3 is 19.5 Å². The van der Waals surface area contributed by atoms with Crippen LogP contribution in [-0.2, 0) is 21.4 Å². The molecule has 1 saturated heterocycles. The number of hydrogen-bond donors (Lipinski definition) is 1. The van der Waals surface area contributed by atoms with Crippen LogP contribution in [0.1, 0.15) is 17.8 Å². The number of aryl methyl sites for hydroxylation is 2. The van der Waals surface area contributed by atoms with Crippen molar-refractivity contribution in [3.05, 3.63) is 11.4 Å². The number of carboxylic acids is 1. The van der Waals surface area contributed by atoms with Crippen molar-refractivity contribution >= 4 is 11.9 Å². The zero-order chi connectivity index (χ0) is 16.3. The number of carbonyl (C=O) groups is 2. The van der Waals surface area contributed by atoms with Gasteiger partial charge >= 0.3 is 5.97 Å². The molecule has 0 unspecified atom stereocenters. The fraction of sp³-hybridized carbons (Fsp3) is 0.643. The van der Waals surface area contributed by atoms with E-state index in [2.05, 4.69) is 5.10 Å². The Morgan fingerprint density at radius 3 is 2.77 bits per heavy atom. The van der Waals surface area contributed by atoms with Crippen LogP contribution in [-0.4, -0.2) is 64.1 Å². The molecule has 0 bridgehead atoms.